The first-order valence-electron chi connectivity index (χ1n) is 8.93. The van der Waals surface area contributed by atoms with E-state index in [2.05, 4.69) is 5.32 Å². The minimum absolute atomic E-state index is 0.0505. The molecule has 27 heavy (non-hydrogen) atoms. The number of nitrogens with one attached hydrogen (secondary N) is 1. The van der Waals surface area contributed by atoms with Gasteiger partial charge in [0.15, 0.2) is 5.92 Å². The van der Waals surface area contributed by atoms with Crippen molar-refractivity contribution in [1.82, 2.24) is 10.2 Å². The maximum atomic E-state index is 13.1. The molecule has 7 atom stereocenters. The van der Waals surface area contributed by atoms with E-state index in [0.717, 1.165) is 0 Å². The summed E-state index contributed by atoms with van der Waals surface area (Å²) >= 11 is 1.27. The second-order valence-corrected chi connectivity index (χ2v) is 9.07. The Balaban J connectivity index is 1.85. The molecule has 0 radical (unpaired) electrons. The van der Waals surface area contributed by atoms with E-state index in [0.29, 0.717) is 17.9 Å². The van der Waals surface area contributed by atoms with Crippen molar-refractivity contribution in [2.24, 2.45) is 11.8 Å². The number of nitrogens with zero attached hydrogens (tertiary/aromatic N) is 2. The average molecular weight is 399 g/mol. The van der Waals surface area contributed by atoms with Gasteiger partial charge in [0.25, 0.3) is 0 Å². The summed E-state index contributed by atoms with van der Waals surface area (Å²) in [6.07, 6.45) is -0.484. The van der Waals surface area contributed by atoms with Gasteiger partial charge >= 0.3 is 11.9 Å². The van der Waals surface area contributed by atoms with Crippen LogP contribution < -0.4 is 5.32 Å². The molecule has 150 valence electrons. The molecule has 10 heteroatoms. The van der Waals surface area contributed by atoms with Gasteiger partial charge in [-0.05, 0) is 13.3 Å². The van der Waals surface area contributed by atoms with E-state index in [1.54, 1.807) is 21.0 Å². The van der Waals surface area contributed by atoms with Crippen molar-refractivity contribution in [3.63, 3.8) is 0 Å². The number of hydrogen-bond donors (Lipinski definition) is 3. The van der Waals surface area contributed by atoms with Crippen molar-refractivity contribution < 1.29 is 29.2 Å². The molecular formula is C17H25N3O6S. The minimum atomic E-state index is -1.49. The highest BCUT2D eigenvalue weighted by molar-refractivity contribution is 8.03. The van der Waals surface area contributed by atoms with Crippen molar-refractivity contribution >= 4 is 29.5 Å². The molecule has 3 aliphatic heterocycles. The number of carboxylic acid groups (broad SMARTS) is 1. The summed E-state index contributed by atoms with van der Waals surface area (Å²) in [5.74, 6) is -3.54. The van der Waals surface area contributed by atoms with Gasteiger partial charge in [-0.2, -0.15) is 0 Å². The van der Waals surface area contributed by atoms with Crippen LogP contribution in [0.4, 0.5) is 0 Å². The summed E-state index contributed by atoms with van der Waals surface area (Å²) in [7, 11) is 3.35. The smallest absolute Gasteiger partial charge is 0.392 e. The molecule has 3 heterocycles. The van der Waals surface area contributed by atoms with Crippen LogP contribution in [0.25, 0.3) is 0 Å². The van der Waals surface area contributed by atoms with Crippen LogP contribution >= 0.6 is 11.8 Å². The molecule has 0 aromatic heterocycles. The van der Waals surface area contributed by atoms with Gasteiger partial charge in [-0.3, -0.25) is 9.44 Å². The van der Waals surface area contributed by atoms with Gasteiger partial charge in [-0.15, -0.1) is 11.8 Å². The molecule has 3 rings (SSSR count). The van der Waals surface area contributed by atoms with Crippen molar-refractivity contribution in [2.75, 3.05) is 20.6 Å². The van der Waals surface area contributed by atoms with Crippen molar-refractivity contribution in [3.8, 4) is 0 Å². The number of aliphatic hydroxyl groups excluding tert-OH is 1. The monoisotopic (exact) mass is 399 g/mol. The van der Waals surface area contributed by atoms with Crippen molar-refractivity contribution in [3.05, 3.63) is 15.8 Å². The fraction of sp³-hybridized carbons (Fsp3) is 0.706. The largest absolute Gasteiger partial charge is 0.619 e. The number of rotatable bonds is 5. The van der Waals surface area contributed by atoms with Crippen LogP contribution in [0.2, 0.25) is 0 Å². The van der Waals surface area contributed by atoms with E-state index in [4.69, 9.17) is 0 Å². The summed E-state index contributed by atoms with van der Waals surface area (Å²) in [6, 6.07) is -1.15. The number of carbonyl (C=O) groups excluding carboxylic acids is 2. The zero-order valence-electron chi connectivity index (χ0n) is 15.7. The Morgan fingerprint density at radius 1 is 1.41 bits per heavy atom. The molecule has 0 aromatic rings. The molecule has 0 aromatic carbocycles. The van der Waals surface area contributed by atoms with Gasteiger partial charge in [-0.25, -0.2) is 9.59 Å². The molecule has 2 fully saturated rings. The number of carbonyl (C=O) groups is 3. The summed E-state index contributed by atoms with van der Waals surface area (Å²) in [5.41, 5.74) is -0.429. The number of fused-ring (bicyclic) bond motifs is 1. The molecule has 2 saturated heterocycles. The third-order valence-corrected chi connectivity index (χ3v) is 7.25. The second-order valence-electron chi connectivity index (χ2n) is 7.73. The number of β-lactam (4-membered cyclic amide) rings is 1. The molecule has 0 spiro atoms. The maximum absolute atomic E-state index is 13.1. The Morgan fingerprint density at radius 3 is 2.56 bits per heavy atom. The number of carboxylic acids is 1. The van der Waals surface area contributed by atoms with Crippen LogP contribution in [0.3, 0.4) is 0 Å². The molecule has 0 aliphatic carbocycles. The Bertz CT molecular complexity index is 723. The molecule has 0 bridgehead atoms. The van der Waals surface area contributed by atoms with Crippen LogP contribution in [0, 0.1) is 17.0 Å². The van der Waals surface area contributed by atoms with Gasteiger partial charge in [0, 0.05) is 31.8 Å². The highest BCUT2D eigenvalue weighted by Gasteiger charge is 2.70. The predicted molar refractivity (Wildman–Crippen MR) is 97.9 cm³/mol. The third kappa shape index (κ3) is 2.90. The van der Waals surface area contributed by atoms with Gasteiger partial charge in [0.2, 0.25) is 11.6 Å². The van der Waals surface area contributed by atoms with Gasteiger partial charge in [0.05, 0.1) is 17.1 Å². The number of thioether (sulfide) groups is 1. The quantitative estimate of drug-likeness (QED) is 0.326. The first kappa shape index (κ1) is 20.3. The van der Waals surface area contributed by atoms with Crippen molar-refractivity contribution in [1.29, 1.82) is 0 Å². The van der Waals surface area contributed by atoms with Crippen LogP contribution in [-0.2, 0) is 14.4 Å². The lowest BCUT2D eigenvalue weighted by atomic mass is 9.78. The topological polar surface area (TPSA) is 130 Å². The lowest BCUT2D eigenvalue weighted by Gasteiger charge is -2.55. The van der Waals surface area contributed by atoms with E-state index in [1.165, 1.54) is 23.6 Å². The molecule has 9 nitrogen and oxygen atoms in total. The summed E-state index contributed by atoms with van der Waals surface area (Å²) < 4.78 is -1.49. The number of quaternary nitrogens is 1. The van der Waals surface area contributed by atoms with E-state index >= 15 is 0 Å². The average Bonchev–Trinajstić information content (AvgIpc) is 3.10. The molecular weight excluding hydrogens is 374 g/mol. The second kappa shape index (κ2) is 6.85. The predicted octanol–water partition coefficient (Wildman–Crippen LogP) is -0.295. The van der Waals surface area contributed by atoms with E-state index in [1.807, 2.05) is 0 Å². The molecule has 2 amide bonds. The Hall–Kier alpha value is -1.46. The van der Waals surface area contributed by atoms with Crippen LogP contribution in [-0.4, -0.2) is 81.6 Å². The van der Waals surface area contributed by atoms with E-state index < -0.39 is 46.2 Å². The fourth-order valence-corrected chi connectivity index (χ4v) is 5.97. The normalized spacial score (nSPS) is 39.2. The third-order valence-electron chi connectivity index (χ3n) is 5.74. The highest BCUT2D eigenvalue weighted by Crippen LogP contribution is 2.56. The Kier molecular flexibility index (Phi) is 5.15. The number of hydrogen-bond acceptors (Lipinski definition) is 7. The zero-order chi connectivity index (χ0) is 20.3. The zero-order valence-corrected chi connectivity index (χ0v) is 16.5. The maximum Gasteiger partial charge on any atom is 0.392 e. The lowest BCUT2D eigenvalue weighted by Crippen LogP contribution is -2.73. The van der Waals surface area contributed by atoms with Gasteiger partial charge < -0.3 is 25.6 Å². The SMILES string of the molecule is C[C@@H](O)[C@H]1C(=O)[N+]2([O-])C(C(=O)O)=C(S[C@@H]3CN[C@H](C(=O)N(C)C)C3)[C@H](C)[C@H]12. The number of likely N-dealkylation sites (N-methyl/N-ethyl adjacent to an activating group) is 1. The molecule has 3 N–H and O–H groups in total. The van der Waals surface area contributed by atoms with Crippen LogP contribution in [0.1, 0.15) is 20.3 Å². The molecule has 1 unspecified atom stereocenters. The summed E-state index contributed by atoms with van der Waals surface area (Å²) in [4.78, 5) is 38.2. The lowest BCUT2D eigenvalue weighted by molar-refractivity contribution is -0.827. The van der Waals surface area contributed by atoms with Gasteiger partial charge in [0.1, 0.15) is 6.04 Å². The van der Waals surface area contributed by atoms with E-state index in [9.17, 15) is 29.8 Å². The Labute approximate surface area is 161 Å². The standard InChI is InChI=1S/C17H25N3O6S/c1-7-12-11(8(2)21)16(23)20(12,26)13(17(24)25)14(7)27-9-5-10(18-6-9)15(22)19(3)4/h7-12,18,21H,5-6H2,1-4H3,(H,24,25)/t7-,8-,9+,10+,11-,12-,20?/m1/s1. The van der Waals surface area contributed by atoms with Gasteiger partial charge in [-0.1, -0.05) is 6.92 Å². The van der Waals surface area contributed by atoms with Crippen LogP contribution in [0.5, 0.6) is 0 Å². The highest BCUT2D eigenvalue weighted by atomic mass is 32.2. The molecule has 3 aliphatic rings. The minimum Gasteiger partial charge on any atom is -0.619 e. The number of aliphatic carboxylic acids is 1. The number of amides is 2. The summed E-state index contributed by atoms with van der Waals surface area (Å²) in [5, 5.41) is 35.7. The summed E-state index contributed by atoms with van der Waals surface area (Å²) in [6.45, 7) is 3.69. The first-order valence-corrected chi connectivity index (χ1v) is 9.81. The number of hydroxylamine groups is 3. The Morgan fingerprint density at radius 2 is 2.04 bits per heavy atom. The first-order chi connectivity index (χ1) is 12.5. The molecule has 0 saturated carbocycles. The van der Waals surface area contributed by atoms with E-state index in [-0.39, 0.29) is 17.2 Å². The fourth-order valence-electron chi connectivity index (χ4n) is 4.45. The van der Waals surface area contributed by atoms with Crippen LogP contribution in [0.15, 0.2) is 10.6 Å². The number of aliphatic hydroxyl groups is 1. The van der Waals surface area contributed by atoms with Crippen molar-refractivity contribution in [2.45, 2.75) is 43.7 Å².